The van der Waals surface area contributed by atoms with Crippen LogP contribution in [-0.4, -0.2) is 74.7 Å². The Morgan fingerprint density at radius 3 is 2.11 bits per heavy atom. The van der Waals surface area contributed by atoms with E-state index in [-0.39, 0.29) is 27.7 Å². The second-order valence-electron chi connectivity index (χ2n) is 9.05. The summed E-state index contributed by atoms with van der Waals surface area (Å²) < 4.78 is 97.2. The number of benzene rings is 3. The van der Waals surface area contributed by atoms with Gasteiger partial charge in [0.1, 0.15) is 5.75 Å². The van der Waals surface area contributed by atoms with E-state index in [1.807, 2.05) is 0 Å². The number of H-pyrrole nitrogens is 1. The summed E-state index contributed by atoms with van der Waals surface area (Å²) >= 11 is 0. The number of aromatic carboxylic acids is 1. The Balaban J connectivity index is 1.55. The normalized spacial score (nSPS) is 12.3. The molecule has 3 aromatic carbocycles. The van der Waals surface area contributed by atoms with Crippen LogP contribution in [0.15, 0.2) is 91.5 Å². The van der Waals surface area contributed by atoms with Crippen molar-refractivity contribution in [2.45, 2.75) is 9.79 Å². The molecule has 0 spiro atoms. The molecule has 5 N–H and O–H groups in total. The first-order valence-electron chi connectivity index (χ1n) is 12.5. The van der Waals surface area contributed by atoms with Crippen molar-refractivity contribution in [2.24, 2.45) is 10.2 Å². The Labute approximate surface area is 260 Å². The van der Waals surface area contributed by atoms with Gasteiger partial charge >= 0.3 is 16.4 Å². The number of methoxy groups -OCH3 is 1. The lowest BCUT2D eigenvalue weighted by Crippen LogP contribution is -2.15. The largest absolute Gasteiger partial charge is 0.495 e. The molecule has 4 rings (SSSR count). The van der Waals surface area contributed by atoms with Gasteiger partial charge < -0.3 is 15.2 Å². The summed E-state index contributed by atoms with van der Waals surface area (Å²) in [6, 6.07) is 14.1. The number of ether oxygens (including phenoxy) is 1. The van der Waals surface area contributed by atoms with E-state index in [0.717, 1.165) is 28.9 Å². The number of carbonyl (C=O) groups is 1. The molecule has 0 fully saturated rings. The Hall–Kier alpha value is -4.93. The Morgan fingerprint density at radius 1 is 0.913 bits per heavy atom. The second kappa shape index (κ2) is 13.2. The van der Waals surface area contributed by atoms with Crippen molar-refractivity contribution >= 4 is 59.1 Å². The van der Waals surface area contributed by atoms with Gasteiger partial charge in [-0.2, -0.15) is 21.9 Å². The van der Waals surface area contributed by atoms with E-state index in [0.29, 0.717) is 5.69 Å². The van der Waals surface area contributed by atoms with E-state index >= 15 is 0 Å². The van der Waals surface area contributed by atoms with Gasteiger partial charge in [-0.15, -0.1) is 5.11 Å². The van der Waals surface area contributed by atoms with E-state index in [1.165, 1.54) is 49.6 Å². The van der Waals surface area contributed by atoms with Crippen molar-refractivity contribution in [3.8, 4) is 11.4 Å². The van der Waals surface area contributed by atoms with Crippen molar-refractivity contribution in [2.75, 3.05) is 24.8 Å². The number of aromatic nitrogens is 2. The van der Waals surface area contributed by atoms with Crippen molar-refractivity contribution in [1.82, 2.24) is 9.78 Å². The molecular weight excluding hydrogens is 674 g/mol. The minimum atomic E-state index is -4.82. The molecule has 1 heterocycles. The van der Waals surface area contributed by atoms with Crippen LogP contribution in [0.2, 0.25) is 0 Å². The van der Waals surface area contributed by atoms with Crippen LogP contribution >= 0.6 is 0 Å². The van der Waals surface area contributed by atoms with E-state index in [2.05, 4.69) is 24.8 Å². The second-order valence-corrected chi connectivity index (χ2v) is 13.7. The highest BCUT2D eigenvalue weighted by molar-refractivity contribution is 7.91. The molecule has 0 aliphatic carbocycles. The SMILES string of the molecule is COc1ccc(S(=O)(=O)CCOS(=O)(=O)O)cc1Nc1ccc(N=Nc2c(C(=O)O)[nH]n(-c3ccc(S(=O)(=O)O)cc3)c2=O)cc1. The van der Waals surface area contributed by atoms with Crippen LogP contribution in [0.4, 0.5) is 22.7 Å². The fraction of sp³-hybridized carbons (Fsp3) is 0.120. The first-order valence-corrected chi connectivity index (χ1v) is 16.9. The fourth-order valence-corrected chi connectivity index (χ4v) is 5.83. The maximum Gasteiger partial charge on any atom is 0.397 e. The van der Waals surface area contributed by atoms with E-state index < -0.39 is 70.5 Å². The van der Waals surface area contributed by atoms with Gasteiger partial charge in [0.15, 0.2) is 21.2 Å². The molecule has 21 heteroatoms. The zero-order valence-electron chi connectivity index (χ0n) is 23.3. The highest BCUT2D eigenvalue weighted by Crippen LogP contribution is 2.31. The van der Waals surface area contributed by atoms with E-state index in [9.17, 15) is 39.9 Å². The lowest BCUT2D eigenvalue weighted by atomic mass is 10.2. The van der Waals surface area contributed by atoms with Crippen LogP contribution in [-0.2, 0) is 34.5 Å². The third-order valence-electron chi connectivity index (χ3n) is 6.00. The highest BCUT2D eigenvalue weighted by Gasteiger charge is 2.22. The number of rotatable bonds is 13. The van der Waals surface area contributed by atoms with Crippen LogP contribution in [0.25, 0.3) is 5.69 Å². The zero-order valence-corrected chi connectivity index (χ0v) is 25.7. The van der Waals surface area contributed by atoms with Gasteiger partial charge in [-0.1, -0.05) is 0 Å². The zero-order chi connectivity index (χ0) is 33.9. The number of hydrogen-bond donors (Lipinski definition) is 5. The van der Waals surface area contributed by atoms with Crippen LogP contribution in [0.1, 0.15) is 10.5 Å². The topological polar surface area (TPSA) is 273 Å². The van der Waals surface area contributed by atoms with Crippen molar-refractivity contribution in [3.63, 3.8) is 0 Å². The number of hydrogen-bond acceptors (Lipinski definition) is 13. The first kappa shape index (κ1) is 34.0. The van der Waals surface area contributed by atoms with Gasteiger partial charge in [-0.25, -0.2) is 22.1 Å². The van der Waals surface area contributed by atoms with E-state index in [1.54, 1.807) is 0 Å². The summed E-state index contributed by atoms with van der Waals surface area (Å²) in [6.45, 7) is -0.805. The predicted octanol–water partition coefficient (Wildman–Crippen LogP) is 2.87. The molecule has 1 aromatic heterocycles. The number of sulfone groups is 1. The summed E-state index contributed by atoms with van der Waals surface area (Å²) in [6.07, 6.45) is 0. The summed E-state index contributed by atoms with van der Waals surface area (Å²) in [4.78, 5) is 24.1. The van der Waals surface area contributed by atoms with Gasteiger partial charge in [-0.05, 0) is 66.7 Å². The molecule has 0 radical (unpaired) electrons. The number of azo groups is 1. The number of nitrogens with one attached hydrogen (secondary N) is 2. The molecule has 0 saturated carbocycles. The first-order chi connectivity index (χ1) is 21.5. The molecule has 0 amide bonds. The highest BCUT2D eigenvalue weighted by atomic mass is 32.3. The quantitative estimate of drug-likeness (QED) is 0.0993. The summed E-state index contributed by atoms with van der Waals surface area (Å²) in [5, 5.41) is 22.6. The molecule has 46 heavy (non-hydrogen) atoms. The van der Waals surface area contributed by atoms with Gasteiger partial charge in [0.05, 0.1) is 46.3 Å². The lowest BCUT2D eigenvalue weighted by molar-refractivity contribution is 0.0690. The molecule has 0 atom stereocenters. The minimum Gasteiger partial charge on any atom is -0.495 e. The minimum absolute atomic E-state index is 0.0514. The molecule has 0 saturated heterocycles. The Bertz CT molecular complexity index is 2190. The summed E-state index contributed by atoms with van der Waals surface area (Å²) in [5.74, 6) is -2.01. The molecule has 0 aliphatic heterocycles. The molecule has 0 bridgehead atoms. The van der Waals surface area contributed by atoms with E-state index in [4.69, 9.17) is 13.8 Å². The lowest BCUT2D eigenvalue weighted by Gasteiger charge is -2.13. The average molecular weight is 698 g/mol. The number of anilines is 2. The summed E-state index contributed by atoms with van der Waals surface area (Å²) in [5.41, 5.74) is -1.19. The van der Waals surface area contributed by atoms with Crippen molar-refractivity contribution in [3.05, 3.63) is 82.8 Å². The van der Waals surface area contributed by atoms with Crippen LogP contribution in [0.3, 0.4) is 0 Å². The summed E-state index contributed by atoms with van der Waals surface area (Å²) in [7, 11) is -12.0. The fourth-order valence-electron chi connectivity index (χ4n) is 3.84. The third-order valence-corrected chi connectivity index (χ3v) is 9.01. The number of aromatic amines is 1. The molecule has 0 aliphatic rings. The number of nitrogens with zero attached hydrogens (tertiary/aromatic N) is 3. The molecule has 244 valence electrons. The predicted molar refractivity (Wildman–Crippen MR) is 160 cm³/mol. The Kier molecular flexibility index (Phi) is 9.74. The third kappa shape index (κ3) is 8.21. The van der Waals surface area contributed by atoms with Gasteiger partial charge in [-0.3, -0.25) is 19.0 Å². The monoisotopic (exact) mass is 697 g/mol. The van der Waals surface area contributed by atoms with Gasteiger partial charge in [0.2, 0.25) is 0 Å². The van der Waals surface area contributed by atoms with Crippen LogP contribution < -0.4 is 15.6 Å². The Morgan fingerprint density at radius 2 is 1.54 bits per heavy atom. The standard InChI is InChI=1S/C25H23N5O13S3/c1-42-21-11-10-19(44(34,35)13-12-43-46(39,40)41)14-20(21)26-15-2-4-16(5-3-15)27-28-22-23(25(32)33)29-30(24(22)31)17-6-8-18(9-7-17)45(36,37)38/h2-11,14,26,29H,12-13H2,1H3,(H,32,33)(H,36,37,38)(H,39,40,41). The molecule has 4 aromatic rings. The van der Waals surface area contributed by atoms with Crippen LogP contribution in [0, 0.1) is 0 Å². The van der Waals surface area contributed by atoms with Crippen molar-refractivity contribution < 1.29 is 53.2 Å². The molecule has 0 unspecified atom stereocenters. The maximum absolute atomic E-state index is 13.0. The number of carboxylic acid groups (broad SMARTS) is 1. The van der Waals surface area contributed by atoms with Crippen molar-refractivity contribution in [1.29, 1.82) is 0 Å². The van der Waals surface area contributed by atoms with Crippen LogP contribution in [0.5, 0.6) is 5.75 Å². The average Bonchev–Trinajstić information content (AvgIpc) is 3.31. The van der Waals surface area contributed by atoms with Gasteiger partial charge in [0, 0.05) is 5.69 Å². The molecule has 18 nitrogen and oxygen atoms in total. The number of carboxylic acids is 1. The maximum atomic E-state index is 13.0. The molecular formula is C25H23N5O13S3. The van der Waals surface area contributed by atoms with Gasteiger partial charge in [0.25, 0.3) is 15.7 Å². The smallest absolute Gasteiger partial charge is 0.397 e.